The third kappa shape index (κ3) is 4.16. The van der Waals surface area contributed by atoms with Crippen LogP contribution in [0.2, 0.25) is 0 Å². The number of amides is 1. The van der Waals surface area contributed by atoms with Crippen molar-refractivity contribution in [2.75, 3.05) is 18.4 Å². The summed E-state index contributed by atoms with van der Waals surface area (Å²) in [6, 6.07) is 19.9. The molecule has 0 bridgehead atoms. The molecule has 2 aromatic heterocycles. The summed E-state index contributed by atoms with van der Waals surface area (Å²) in [4.78, 5) is 12.6. The number of para-hydroxylation sites is 1. The Bertz CT molecular complexity index is 1080. The lowest BCUT2D eigenvalue weighted by atomic mass is 10.1. The van der Waals surface area contributed by atoms with Crippen LogP contribution in [0.25, 0.3) is 22.3 Å². The van der Waals surface area contributed by atoms with Gasteiger partial charge in [-0.1, -0.05) is 31.2 Å². The number of hydrogen-bond donors (Lipinski definition) is 3. The molecule has 0 saturated carbocycles. The molecule has 2 aromatic carbocycles. The van der Waals surface area contributed by atoms with Gasteiger partial charge in [-0.05, 0) is 42.8 Å². The average Bonchev–Trinajstić information content (AvgIpc) is 3.40. The Kier molecular flexibility index (Phi) is 5.61. The number of H-pyrrole nitrogens is 1. The maximum Gasteiger partial charge on any atom is 0.251 e. The van der Waals surface area contributed by atoms with Crippen LogP contribution in [0.4, 0.5) is 5.69 Å². The molecule has 0 spiro atoms. The fraction of sp³-hybridized carbons (Fsp3) is 0.217. The van der Waals surface area contributed by atoms with Crippen molar-refractivity contribution in [3.63, 3.8) is 0 Å². The molecule has 29 heavy (non-hydrogen) atoms. The molecule has 1 amide bonds. The molecule has 0 aliphatic heterocycles. The van der Waals surface area contributed by atoms with Gasteiger partial charge in [0.05, 0.1) is 5.69 Å². The number of hydrogen-bond acceptors (Lipinski definition) is 3. The standard InChI is InChI=1S/C23H25N5O/c1-2-14-28-21-16-18(9-8-17(21)15-22(28)20-10-11-26-27-20)23(29)25-13-12-24-19-6-4-3-5-7-19/h3-11,15-16,24H,2,12-14H2,1H3,(H,25,29)(H,26,27). The molecule has 6 heteroatoms. The zero-order valence-electron chi connectivity index (χ0n) is 16.5. The fourth-order valence-electron chi connectivity index (χ4n) is 3.52. The summed E-state index contributed by atoms with van der Waals surface area (Å²) in [7, 11) is 0. The number of carbonyl (C=O) groups is 1. The number of aromatic amines is 1. The smallest absolute Gasteiger partial charge is 0.251 e. The number of benzene rings is 2. The number of nitrogens with one attached hydrogen (secondary N) is 3. The van der Waals surface area contributed by atoms with Gasteiger partial charge in [-0.2, -0.15) is 5.10 Å². The second kappa shape index (κ2) is 8.65. The molecule has 0 unspecified atom stereocenters. The molecule has 0 saturated heterocycles. The largest absolute Gasteiger partial charge is 0.383 e. The van der Waals surface area contributed by atoms with E-state index in [0.29, 0.717) is 18.7 Å². The van der Waals surface area contributed by atoms with Crippen molar-refractivity contribution in [3.8, 4) is 11.4 Å². The van der Waals surface area contributed by atoms with Gasteiger partial charge in [-0.3, -0.25) is 9.89 Å². The van der Waals surface area contributed by atoms with Crippen LogP contribution in [0.3, 0.4) is 0 Å². The first-order chi connectivity index (χ1) is 14.3. The first-order valence-electron chi connectivity index (χ1n) is 9.97. The molecular formula is C23H25N5O. The summed E-state index contributed by atoms with van der Waals surface area (Å²) in [5.74, 6) is -0.0627. The van der Waals surface area contributed by atoms with E-state index in [1.807, 2.05) is 60.8 Å². The lowest BCUT2D eigenvalue weighted by Crippen LogP contribution is -2.28. The van der Waals surface area contributed by atoms with E-state index in [-0.39, 0.29) is 5.91 Å². The van der Waals surface area contributed by atoms with Crippen molar-refractivity contribution >= 4 is 22.5 Å². The van der Waals surface area contributed by atoms with E-state index >= 15 is 0 Å². The highest BCUT2D eigenvalue weighted by molar-refractivity contribution is 5.99. The van der Waals surface area contributed by atoms with E-state index in [1.165, 1.54) is 0 Å². The van der Waals surface area contributed by atoms with Gasteiger partial charge < -0.3 is 15.2 Å². The van der Waals surface area contributed by atoms with Crippen LogP contribution in [0, 0.1) is 0 Å². The molecule has 6 nitrogen and oxygen atoms in total. The van der Waals surface area contributed by atoms with Gasteiger partial charge in [-0.15, -0.1) is 0 Å². The van der Waals surface area contributed by atoms with Crippen molar-refractivity contribution in [2.45, 2.75) is 19.9 Å². The molecule has 0 fully saturated rings. The minimum absolute atomic E-state index is 0.0627. The molecule has 0 aliphatic rings. The lowest BCUT2D eigenvalue weighted by molar-refractivity contribution is 0.0955. The Balaban J connectivity index is 1.49. The summed E-state index contributed by atoms with van der Waals surface area (Å²) in [6.45, 7) is 4.25. The summed E-state index contributed by atoms with van der Waals surface area (Å²) in [5, 5.41) is 14.6. The van der Waals surface area contributed by atoms with Crippen LogP contribution in [0.5, 0.6) is 0 Å². The summed E-state index contributed by atoms with van der Waals surface area (Å²) < 4.78 is 2.24. The molecule has 0 atom stereocenters. The second-order valence-corrected chi connectivity index (χ2v) is 6.96. The number of rotatable bonds is 8. The van der Waals surface area contributed by atoms with Crippen molar-refractivity contribution in [1.82, 2.24) is 20.1 Å². The van der Waals surface area contributed by atoms with Gasteiger partial charge in [0, 0.05) is 48.0 Å². The van der Waals surface area contributed by atoms with Gasteiger partial charge in [0.1, 0.15) is 5.69 Å². The quantitative estimate of drug-likeness (QED) is 0.395. The van der Waals surface area contributed by atoms with E-state index in [9.17, 15) is 4.79 Å². The first-order valence-corrected chi connectivity index (χ1v) is 9.97. The molecule has 2 heterocycles. The molecule has 4 aromatic rings. The molecule has 4 rings (SSSR count). The molecule has 0 aliphatic carbocycles. The second-order valence-electron chi connectivity index (χ2n) is 6.96. The zero-order valence-corrected chi connectivity index (χ0v) is 16.5. The van der Waals surface area contributed by atoms with E-state index in [1.54, 1.807) is 0 Å². The Morgan fingerprint density at radius 3 is 2.69 bits per heavy atom. The van der Waals surface area contributed by atoms with Crippen LogP contribution in [0.1, 0.15) is 23.7 Å². The average molecular weight is 387 g/mol. The number of fused-ring (bicyclic) bond motifs is 1. The molecule has 3 N–H and O–H groups in total. The predicted octanol–water partition coefficient (Wildman–Crippen LogP) is 4.28. The van der Waals surface area contributed by atoms with E-state index in [0.717, 1.165) is 40.9 Å². The number of aromatic nitrogens is 3. The van der Waals surface area contributed by atoms with E-state index < -0.39 is 0 Å². The maximum absolute atomic E-state index is 12.6. The highest BCUT2D eigenvalue weighted by Crippen LogP contribution is 2.28. The highest BCUT2D eigenvalue weighted by atomic mass is 16.1. The Labute approximate surface area is 169 Å². The minimum Gasteiger partial charge on any atom is -0.383 e. The third-order valence-electron chi connectivity index (χ3n) is 4.89. The molecular weight excluding hydrogens is 362 g/mol. The fourth-order valence-corrected chi connectivity index (χ4v) is 3.52. The topological polar surface area (TPSA) is 74.7 Å². The van der Waals surface area contributed by atoms with Gasteiger partial charge in [0.25, 0.3) is 5.91 Å². The Hall–Kier alpha value is -3.54. The van der Waals surface area contributed by atoms with Crippen LogP contribution in [0.15, 0.2) is 66.9 Å². The van der Waals surface area contributed by atoms with Gasteiger partial charge in [0.2, 0.25) is 0 Å². The Morgan fingerprint density at radius 2 is 1.93 bits per heavy atom. The summed E-state index contributed by atoms with van der Waals surface area (Å²) in [5.41, 5.74) is 4.74. The van der Waals surface area contributed by atoms with Crippen LogP contribution < -0.4 is 10.6 Å². The number of aryl methyl sites for hydroxylation is 1. The van der Waals surface area contributed by atoms with Gasteiger partial charge >= 0.3 is 0 Å². The first kappa shape index (κ1) is 18.8. The molecule has 148 valence electrons. The van der Waals surface area contributed by atoms with Crippen molar-refractivity contribution in [3.05, 3.63) is 72.4 Å². The number of anilines is 1. The monoisotopic (exact) mass is 387 g/mol. The SMILES string of the molecule is CCCn1c(-c2cc[nH]n2)cc2ccc(C(=O)NCCNc3ccccc3)cc21. The van der Waals surface area contributed by atoms with Crippen molar-refractivity contribution in [2.24, 2.45) is 0 Å². The van der Waals surface area contributed by atoms with Crippen molar-refractivity contribution < 1.29 is 4.79 Å². The van der Waals surface area contributed by atoms with Crippen LogP contribution in [-0.2, 0) is 6.54 Å². The van der Waals surface area contributed by atoms with Crippen LogP contribution in [-0.4, -0.2) is 33.8 Å². The number of carbonyl (C=O) groups excluding carboxylic acids is 1. The summed E-state index contributed by atoms with van der Waals surface area (Å²) >= 11 is 0. The summed E-state index contributed by atoms with van der Waals surface area (Å²) in [6.07, 6.45) is 2.83. The third-order valence-corrected chi connectivity index (χ3v) is 4.89. The van der Waals surface area contributed by atoms with Gasteiger partial charge in [-0.25, -0.2) is 0 Å². The minimum atomic E-state index is -0.0627. The molecule has 0 radical (unpaired) electrons. The van der Waals surface area contributed by atoms with Gasteiger partial charge in [0.15, 0.2) is 0 Å². The zero-order chi connectivity index (χ0) is 20.1. The number of nitrogens with zero attached hydrogens (tertiary/aromatic N) is 2. The van der Waals surface area contributed by atoms with Crippen LogP contribution >= 0.6 is 0 Å². The van der Waals surface area contributed by atoms with Crippen molar-refractivity contribution in [1.29, 1.82) is 0 Å². The maximum atomic E-state index is 12.6. The predicted molar refractivity (Wildman–Crippen MR) is 117 cm³/mol. The Morgan fingerprint density at radius 1 is 1.07 bits per heavy atom. The highest BCUT2D eigenvalue weighted by Gasteiger charge is 2.14. The van der Waals surface area contributed by atoms with E-state index in [4.69, 9.17) is 0 Å². The lowest BCUT2D eigenvalue weighted by Gasteiger charge is -2.10. The normalized spacial score (nSPS) is 10.9. The van der Waals surface area contributed by atoms with E-state index in [2.05, 4.69) is 38.4 Å².